The molecule has 0 unspecified atom stereocenters. The molecular formula is C22H29NO6. The smallest absolute Gasteiger partial charge is 0.255 e. The van der Waals surface area contributed by atoms with Crippen molar-refractivity contribution in [1.82, 2.24) is 0 Å². The van der Waals surface area contributed by atoms with Gasteiger partial charge in [-0.1, -0.05) is 0 Å². The number of anilines is 1. The molecule has 2 rings (SSSR count). The Bertz CT molecular complexity index is 748. The summed E-state index contributed by atoms with van der Waals surface area (Å²) in [6.45, 7) is 7.97. The van der Waals surface area contributed by atoms with E-state index >= 15 is 0 Å². The molecule has 0 aliphatic rings. The summed E-state index contributed by atoms with van der Waals surface area (Å²) in [5.74, 6) is 1.89. The zero-order valence-corrected chi connectivity index (χ0v) is 17.4. The molecule has 0 aromatic heterocycles. The molecule has 0 saturated heterocycles. The molecule has 7 nitrogen and oxygen atoms in total. The van der Waals surface area contributed by atoms with E-state index in [1.165, 1.54) is 0 Å². The van der Waals surface area contributed by atoms with Gasteiger partial charge in [0.2, 0.25) is 5.75 Å². The van der Waals surface area contributed by atoms with Gasteiger partial charge in [0.1, 0.15) is 12.4 Å². The van der Waals surface area contributed by atoms with Gasteiger partial charge in [-0.05, 0) is 57.2 Å². The number of nitrogens with one attached hydrogen (secondary N) is 1. The third kappa shape index (κ3) is 6.57. The van der Waals surface area contributed by atoms with Crippen molar-refractivity contribution in [3.8, 4) is 23.0 Å². The second-order valence-electron chi connectivity index (χ2n) is 5.92. The third-order valence-electron chi connectivity index (χ3n) is 3.84. The Kier molecular flexibility index (Phi) is 9.11. The molecule has 0 bridgehead atoms. The predicted molar refractivity (Wildman–Crippen MR) is 112 cm³/mol. The molecule has 0 radical (unpaired) electrons. The lowest BCUT2D eigenvalue weighted by Gasteiger charge is -2.17. The van der Waals surface area contributed by atoms with Gasteiger partial charge in [-0.15, -0.1) is 0 Å². The number of carbonyl (C=O) groups is 1. The van der Waals surface area contributed by atoms with Crippen LogP contribution >= 0.6 is 0 Å². The van der Waals surface area contributed by atoms with E-state index in [0.717, 1.165) is 0 Å². The summed E-state index contributed by atoms with van der Waals surface area (Å²) in [5.41, 5.74) is 1.07. The SMILES string of the molecule is CCOc1cc(C(=O)Nc2ccc(OCCOC)cc2)cc(OCC)c1OCC. The zero-order valence-electron chi connectivity index (χ0n) is 17.4. The third-order valence-corrected chi connectivity index (χ3v) is 3.84. The Labute approximate surface area is 171 Å². The summed E-state index contributed by atoms with van der Waals surface area (Å²) in [5, 5.41) is 2.87. The standard InChI is InChI=1S/C22H29NO6/c1-5-26-19-14-16(15-20(27-6-2)21(19)28-7-3)22(24)23-17-8-10-18(11-9-17)29-13-12-25-4/h8-11,14-15H,5-7,12-13H2,1-4H3,(H,23,24). The molecule has 2 aromatic carbocycles. The van der Waals surface area contributed by atoms with Gasteiger partial charge in [0.15, 0.2) is 11.5 Å². The van der Waals surface area contributed by atoms with Crippen LogP contribution in [0, 0.1) is 0 Å². The lowest BCUT2D eigenvalue weighted by atomic mass is 10.1. The van der Waals surface area contributed by atoms with E-state index < -0.39 is 0 Å². The maximum absolute atomic E-state index is 12.8. The van der Waals surface area contributed by atoms with Crippen molar-refractivity contribution in [3.63, 3.8) is 0 Å². The quantitative estimate of drug-likeness (QED) is 0.537. The maximum atomic E-state index is 12.8. The summed E-state index contributed by atoms with van der Waals surface area (Å²) in [4.78, 5) is 12.8. The Hall–Kier alpha value is -2.93. The second kappa shape index (κ2) is 11.8. The van der Waals surface area contributed by atoms with Crippen molar-refractivity contribution in [3.05, 3.63) is 42.0 Å². The number of ether oxygens (including phenoxy) is 5. The summed E-state index contributed by atoms with van der Waals surface area (Å²) in [6, 6.07) is 10.5. The molecule has 1 amide bonds. The number of rotatable bonds is 12. The van der Waals surface area contributed by atoms with Gasteiger partial charge in [0.05, 0.1) is 26.4 Å². The number of hydrogen-bond acceptors (Lipinski definition) is 6. The summed E-state index contributed by atoms with van der Waals surface area (Å²) in [7, 11) is 1.62. The highest BCUT2D eigenvalue weighted by Crippen LogP contribution is 2.39. The first kappa shape index (κ1) is 22.4. The Morgan fingerprint density at radius 3 is 1.93 bits per heavy atom. The molecule has 29 heavy (non-hydrogen) atoms. The van der Waals surface area contributed by atoms with Crippen LogP contribution in [-0.4, -0.2) is 46.1 Å². The van der Waals surface area contributed by atoms with Crippen molar-refractivity contribution in [2.75, 3.05) is 45.5 Å². The fraction of sp³-hybridized carbons (Fsp3) is 0.409. The van der Waals surface area contributed by atoms with Crippen LogP contribution < -0.4 is 24.3 Å². The molecule has 2 aromatic rings. The predicted octanol–water partition coefficient (Wildman–Crippen LogP) is 4.16. The van der Waals surface area contributed by atoms with E-state index in [0.29, 0.717) is 67.3 Å². The molecule has 0 aliphatic heterocycles. The molecular weight excluding hydrogens is 374 g/mol. The highest BCUT2D eigenvalue weighted by molar-refractivity contribution is 6.05. The number of hydrogen-bond donors (Lipinski definition) is 1. The lowest BCUT2D eigenvalue weighted by Crippen LogP contribution is -2.13. The topological polar surface area (TPSA) is 75.3 Å². The van der Waals surface area contributed by atoms with E-state index in [1.54, 1.807) is 43.5 Å². The van der Waals surface area contributed by atoms with Gasteiger partial charge < -0.3 is 29.0 Å². The first-order chi connectivity index (χ1) is 14.1. The van der Waals surface area contributed by atoms with E-state index in [4.69, 9.17) is 23.7 Å². The molecule has 0 spiro atoms. The van der Waals surface area contributed by atoms with Crippen molar-refractivity contribution in [2.24, 2.45) is 0 Å². The first-order valence-electron chi connectivity index (χ1n) is 9.72. The van der Waals surface area contributed by atoms with Gasteiger partial charge in [-0.3, -0.25) is 4.79 Å². The average Bonchev–Trinajstić information content (AvgIpc) is 2.72. The van der Waals surface area contributed by atoms with Crippen molar-refractivity contribution < 1.29 is 28.5 Å². The van der Waals surface area contributed by atoms with Crippen molar-refractivity contribution in [1.29, 1.82) is 0 Å². The average molecular weight is 403 g/mol. The van der Waals surface area contributed by atoms with Gasteiger partial charge in [-0.25, -0.2) is 0 Å². The molecule has 0 atom stereocenters. The summed E-state index contributed by atoms with van der Waals surface area (Å²) in [6.07, 6.45) is 0. The second-order valence-corrected chi connectivity index (χ2v) is 5.92. The maximum Gasteiger partial charge on any atom is 0.255 e. The number of carbonyl (C=O) groups excluding carboxylic acids is 1. The van der Waals surface area contributed by atoms with E-state index in [9.17, 15) is 4.79 Å². The van der Waals surface area contributed by atoms with Crippen LogP contribution in [0.5, 0.6) is 23.0 Å². The molecule has 0 saturated carbocycles. The Morgan fingerprint density at radius 2 is 1.41 bits per heavy atom. The van der Waals surface area contributed by atoms with Crippen LogP contribution in [0.25, 0.3) is 0 Å². The van der Waals surface area contributed by atoms with Crippen LogP contribution in [0.2, 0.25) is 0 Å². The van der Waals surface area contributed by atoms with E-state index in [-0.39, 0.29) is 5.91 Å². The van der Waals surface area contributed by atoms with Gasteiger partial charge in [0.25, 0.3) is 5.91 Å². The monoisotopic (exact) mass is 403 g/mol. The van der Waals surface area contributed by atoms with Gasteiger partial charge in [0, 0.05) is 18.4 Å². The lowest BCUT2D eigenvalue weighted by molar-refractivity contribution is 0.102. The minimum absolute atomic E-state index is 0.275. The molecule has 0 aliphatic carbocycles. The zero-order chi connectivity index (χ0) is 21.1. The fourth-order valence-corrected chi connectivity index (χ4v) is 2.60. The molecule has 1 N–H and O–H groups in total. The van der Waals surface area contributed by atoms with Crippen molar-refractivity contribution >= 4 is 11.6 Å². The normalized spacial score (nSPS) is 10.3. The van der Waals surface area contributed by atoms with Crippen molar-refractivity contribution in [2.45, 2.75) is 20.8 Å². The summed E-state index contributed by atoms with van der Waals surface area (Å²) < 4.78 is 27.5. The van der Waals surface area contributed by atoms with Crippen LogP contribution in [0.4, 0.5) is 5.69 Å². The highest BCUT2D eigenvalue weighted by atomic mass is 16.5. The van der Waals surface area contributed by atoms with Crippen LogP contribution in [0.3, 0.4) is 0 Å². The number of methoxy groups -OCH3 is 1. The highest BCUT2D eigenvalue weighted by Gasteiger charge is 2.18. The Morgan fingerprint density at radius 1 is 0.828 bits per heavy atom. The van der Waals surface area contributed by atoms with E-state index in [1.807, 2.05) is 20.8 Å². The van der Waals surface area contributed by atoms with Gasteiger partial charge in [-0.2, -0.15) is 0 Å². The number of benzene rings is 2. The minimum Gasteiger partial charge on any atom is -0.491 e. The van der Waals surface area contributed by atoms with Crippen LogP contribution in [-0.2, 0) is 4.74 Å². The molecule has 158 valence electrons. The van der Waals surface area contributed by atoms with E-state index in [2.05, 4.69) is 5.32 Å². The van der Waals surface area contributed by atoms with Crippen LogP contribution in [0.1, 0.15) is 31.1 Å². The largest absolute Gasteiger partial charge is 0.491 e. The molecule has 0 heterocycles. The summed E-state index contributed by atoms with van der Waals surface area (Å²) >= 11 is 0. The van der Waals surface area contributed by atoms with Crippen LogP contribution in [0.15, 0.2) is 36.4 Å². The first-order valence-corrected chi connectivity index (χ1v) is 9.72. The minimum atomic E-state index is -0.275. The van der Waals surface area contributed by atoms with Gasteiger partial charge >= 0.3 is 0 Å². The molecule has 7 heteroatoms. The Balaban J connectivity index is 2.18. The molecule has 0 fully saturated rings. The number of amides is 1. The fourth-order valence-electron chi connectivity index (χ4n) is 2.60.